The fourth-order valence-electron chi connectivity index (χ4n) is 2.71. The van der Waals surface area contributed by atoms with Crippen molar-refractivity contribution in [2.75, 3.05) is 7.11 Å². The van der Waals surface area contributed by atoms with Gasteiger partial charge in [-0.25, -0.2) is 9.07 Å². The van der Waals surface area contributed by atoms with Crippen LogP contribution in [0.2, 0.25) is 0 Å². The first-order valence-electron chi connectivity index (χ1n) is 7.92. The summed E-state index contributed by atoms with van der Waals surface area (Å²) >= 11 is 0. The first kappa shape index (κ1) is 17.6. The predicted molar refractivity (Wildman–Crippen MR) is 93.4 cm³/mol. The number of methoxy groups -OCH3 is 1. The van der Waals surface area contributed by atoms with Crippen LogP contribution in [0.5, 0.6) is 5.75 Å². The molecule has 0 aliphatic heterocycles. The maximum absolute atomic E-state index is 13.4. The Kier molecular flexibility index (Phi) is 4.97. The van der Waals surface area contributed by atoms with Crippen LogP contribution < -0.4 is 10.3 Å². The van der Waals surface area contributed by atoms with Gasteiger partial charge in [0.1, 0.15) is 18.2 Å². The quantitative estimate of drug-likeness (QED) is 0.657. The smallest absolute Gasteiger partial charge is 0.312 e. The zero-order valence-corrected chi connectivity index (χ0v) is 14.4. The molecule has 0 saturated carbocycles. The van der Waals surface area contributed by atoms with E-state index >= 15 is 0 Å². The molecule has 0 aliphatic rings. The SMILES string of the molecule is COc1ccc(F)cc1COC(=O)Cc1nn(C)c(=O)c2ccccc12. The van der Waals surface area contributed by atoms with Crippen molar-refractivity contribution in [1.82, 2.24) is 9.78 Å². The normalized spacial score (nSPS) is 10.7. The third-order valence-corrected chi connectivity index (χ3v) is 3.98. The van der Waals surface area contributed by atoms with Crippen molar-refractivity contribution >= 4 is 16.7 Å². The van der Waals surface area contributed by atoms with E-state index in [-0.39, 0.29) is 18.6 Å². The summed E-state index contributed by atoms with van der Waals surface area (Å²) < 4.78 is 24.9. The van der Waals surface area contributed by atoms with Gasteiger partial charge in [-0.1, -0.05) is 18.2 Å². The van der Waals surface area contributed by atoms with Gasteiger partial charge < -0.3 is 9.47 Å². The van der Waals surface area contributed by atoms with E-state index in [1.807, 2.05) is 0 Å². The summed E-state index contributed by atoms with van der Waals surface area (Å²) in [5.41, 5.74) is 0.639. The molecular formula is C19H17FN2O4. The van der Waals surface area contributed by atoms with Crippen molar-refractivity contribution in [2.24, 2.45) is 7.05 Å². The third kappa shape index (κ3) is 3.56. The first-order valence-corrected chi connectivity index (χ1v) is 7.92. The zero-order chi connectivity index (χ0) is 18.7. The molecule has 0 saturated heterocycles. The Morgan fingerprint density at radius 3 is 2.65 bits per heavy atom. The lowest BCUT2D eigenvalue weighted by atomic mass is 10.1. The maximum atomic E-state index is 13.4. The number of benzene rings is 2. The van der Waals surface area contributed by atoms with Gasteiger partial charge >= 0.3 is 5.97 Å². The molecule has 3 aromatic rings. The second-order valence-corrected chi connectivity index (χ2v) is 5.71. The molecular weight excluding hydrogens is 339 g/mol. The lowest BCUT2D eigenvalue weighted by molar-refractivity contribution is -0.144. The average molecular weight is 356 g/mol. The van der Waals surface area contributed by atoms with Gasteiger partial charge in [-0.15, -0.1) is 0 Å². The second-order valence-electron chi connectivity index (χ2n) is 5.71. The summed E-state index contributed by atoms with van der Waals surface area (Å²) in [6, 6.07) is 10.9. The van der Waals surface area contributed by atoms with Gasteiger partial charge in [-0.05, 0) is 24.3 Å². The number of rotatable bonds is 5. The van der Waals surface area contributed by atoms with Gasteiger partial charge in [0.15, 0.2) is 0 Å². The van der Waals surface area contributed by atoms with Crippen LogP contribution in [0, 0.1) is 5.82 Å². The lowest BCUT2D eigenvalue weighted by Crippen LogP contribution is -2.22. The van der Waals surface area contributed by atoms with E-state index in [1.165, 1.54) is 37.0 Å². The van der Waals surface area contributed by atoms with Gasteiger partial charge in [-0.3, -0.25) is 9.59 Å². The summed E-state index contributed by atoms with van der Waals surface area (Å²) in [5, 5.41) is 5.26. The molecule has 1 aromatic heterocycles. The minimum atomic E-state index is -0.535. The van der Waals surface area contributed by atoms with Crippen molar-refractivity contribution in [1.29, 1.82) is 0 Å². The molecule has 134 valence electrons. The number of carbonyl (C=O) groups is 1. The van der Waals surface area contributed by atoms with Crippen LogP contribution in [0.3, 0.4) is 0 Å². The molecule has 1 heterocycles. The summed E-state index contributed by atoms with van der Waals surface area (Å²) in [7, 11) is 2.99. The third-order valence-electron chi connectivity index (χ3n) is 3.98. The minimum absolute atomic E-state index is 0.105. The van der Waals surface area contributed by atoms with Crippen molar-refractivity contribution in [3.8, 4) is 5.75 Å². The zero-order valence-electron chi connectivity index (χ0n) is 14.4. The van der Waals surface area contributed by atoms with Crippen molar-refractivity contribution in [3.05, 3.63) is 69.9 Å². The number of ether oxygens (including phenoxy) is 2. The van der Waals surface area contributed by atoms with E-state index in [1.54, 1.807) is 24.3 Å². The number of halogens is 1. The molecule has 0 unspecified atom stereocenters. The molecule has 0 amide bonds. The highest BCUT2D eigenvalue weighted by molar-refractivity contribution is 5.86. The molecule has 3 rings (SSSR count). The van der Waals surface area contributed by atoms with Gasteiger partial charge in [0.2, 0.25) is 0 Å². The molecule has 0 bridgehead atoms. The van der Waals surface area contributed by atoms with Gasteiger partial charge in [0.25, 0.3) is 5.56 Å². The van der Waals surface area contributed by atoms with Crippen LogP contribution >= 0.6 is 0 Å². The minimum Gasteiger partial charge on any atom is -0.496 e. The number of nitrogens with zero attached hydrogens (tertiary/aromatic N) is 2. The van der Waals surface area contributed by atoms with Crippen LogP contribution in [-0.2, 0) is 29.6 Å². The highest BCUT2D eigenvalue weighted by Crippen LogP contribution is 2.20. The number of hydrogen-bond donors (Lipinski definition) is 0. The van der Waals surface area contributed by atoms with Crippen LogP contribution in [0.25, 0.3) is 10.8 Å². The summed E-state index contributed by atoms with van der Waals surface area (Å²) in [5.74, 6) is -0.542. The molecule has 0 spiro atoms. The van der Waals surface area contributed by atoms with E-state index in [2.05, 4.69) is 5.10 Å². The Hall–Kier alpha value is -3.22. The Morgan fingerprint density at radius 2 is 1.92 bits per heavy atom. The largest absolute Gasteiger partial charge is 0.496 e. The van der Waals surface area contributed by atoms with E-state index in [0.29, 0.717) is 27.8 Å². The highest BCUT2D eigenvalue weighted by atomic mass is 19.1. The number of esters is 1. The standard InChI is InChI=1S/C19H17FN2O4/c1-22-19(24)15-6-4-3-5-14(15)16(21-22)10-18(23)26-11-12-9-13(20)7-8-17(12)25-2/h3-9H,10-11H2,1-2H3. The number of hydrogen-bond acceptors (Lipinski definition) is 5. The Morgan fingerprint density at radius 1 is 1.19 bits per heavy atom. The molecule has 0 aliphatic carbocycles. The summed E-state index contributed by atoms with van der Waals surface area (Å²) in [4.78, 5) is 24.3. The molecule has 0 atom stereocenters. The topological polar surface area (TPSA) is 70.4 Å². The molecule has 0 fully saturated rings. The predicted octanol–water partition coefficient (Wildman–Crippen LogP) is 2.37. The Labute approximate surface area is 148 Å². The Bertz CT molecular complexity index is 1030. The van der Waals surface area contributed by atoms with Crippen molar-refractivity contribution < 1.29 is 18.7 Å². The van der Waals surface area contributed by atoms with E-state index < -0.39 is 11.8 Å². The maximum Gasteiger partial charge on any atom is 0.312 e. The molecule has 0 N–H and O–H groups in total. The monoisotopic (exact) mass is 356 g/mol. The van der Waals surface area contributed by atoms with Crippen LogP contribution in [0.1, 0.15) is 11.3 Å². The van der Waals surface area contributed by atoms with Crippen LogP contribution in [0.4, 0.5) is 4.39 Å². The fourth-order valence-corrected chi connectivity index (χ4v) is 2.71. The summed E-state index contributed by atoms with van der Waals surface area (Å²) in [6.07, 6.45) is -0.105. The van der Waals surface area contributed by atoms with Crippen LogP contribution in [0.15, 0.2) is 47.3 Å². The molecule has 2 aromatic carbocycles. The number of aromatic nitrogens is 2. The molecule has 0 radical (unpaired) electrons. The second kappa shape index (κ2) is 7.35. The lowest BCUT2D eigenvalue weighted by Gasteiger charge is -2.10. The van der Waals surface area contributed by atoms with Crippen molar-refractivity contribution in [2.45, 2.75) is 13.0 Å². The van der Waals surface area contributed by atoms with Gasteiger partial charge in [-0.2, -0.15) is 5.10 Å². The van der Waals surface area contributed by atoms with E-state index in [4.69, 9.17) is 9.47 Å². The molecule has 6 nitrogen and oxygen atoms in total. The first-order chi connectivity index (χ1) is 12.5. The van der Waals surface area contributed by atoms with E-state index in [0.717, 1.165) is 0 Å². The van der Waals surface area contributed by atoms with Crippen molar-refractivity contribution in [3.63, 3.8) is 0 Å². The van der Waals surface area contributed by atoms with Gasteiger partial charge in [0.05, 0.1) is 24.6 Å². The number of aryl methyl sites for hydroxylation is 1. The number of fused-ring (bicyclic) bond motifs is 1. The van der Waals surface area contributed by atoms with Gasteiger partial charge in [0, 0.05) is 18.0 Å². The Balaban J connectivity index is 1.79. The average Bonchev–Trinajstić information content (AvgIpc) is 2.64. The molecule has 7 heteroatoms. The number of carbonyl (C=O) groups excluding carboxylic acids is 1. The van der Waals surface area contributed by atoms with Crippen LogP contribution in [-0.4, -0.2) is 22.9 Å². The fraction of sp³-hybridized carbons (Fsp3) is 0.211. The summed E-state index contributed by atoms with van der Waals surface area (Å²) in [6.45, 7) is -0.122. The van der Waals surface area contributed by atoms with E-state index in [9.17, 15) is 14.0 Å². The molecule has 26 heavy (non-hydrogen) atoms. The highest BCUT2D eigenvalue weighted by Gasteiger charge is 2.14.